The third kappa shape index (κ3) is 5.66. The number of benzene rings is 1. The minimum Gasteiger partial charge on any atom is -0.493 e. The second kappa shape index (κ2) is 10.7. The monoisotopic (exact) mass is 472 g/mol. The van der Waals surface area contributed by atoms with Gasteiger partial charge in [0.25, 0.3) is 0 Å². The molecule has 0 aliphatic carbocycles. The van der Waals surface area contributed by atoms with Gasteiger partial charge in [-0.1, -0.05) is 11.8 Å². The van der Waals surface area contributed by atoms with Crippen LogP contribution < -0.4 is 9.47 Å². The molecule has 3 aromatic rings. The van der Waals surface area contributed by atoms with Crippen LogP contribution in [-0.4, -0.2) is 82.1 Å². The normalized spacial score (nSPS) is 14.5. The fourth-order valence-corrected chi connectivity index (χ4v) is 4.54. The van der Waals surface area contributed by atoms with Gasteiger partial charge in [0.2, 0.25) is 11.1 Å². The number of thioether (sulfide) groups is 1. The van der Waals surface area contributed by atoms with Crippen molar-refractivity contribution in [1.29, 1.82) is 0 Å². The lowest BCUT2D eigenvalue weighted by Gasteiger charge is -2.35. The summed E-state index contributed by atoms with van der Waals surface area (Å²) < 4.78 is 17.8. The zero-order chi connectivity index (χ0) is 23.2. The summed E-state index contributed by atoms with van der Waals surface area (Å²) in [6.45, 7) is 6.36. The van der Waals surface area contributed by atoms with Gasteiger partial charge in [-0.2, -0.15) is 0 Å². The first-order valence-corrected chi connectivity index (χ1v) is 11.7. The van der Waals surface area contributed by atoms with Crippen LogP contribution in [0.2, 0.25) is 0 Å². The molecule has 0 spiro atoms. The molecule has 0 N–H and O–H groups in total. The van der Waals surface area contributed by atoms with Crippen molar-refractivity contribution in [2.24, 2.45) is 0 Å². The predicted octanol–water partition coefficient (Wildman–Crippen LogP) is 2.08. The molecule has 10 nitrogen and oxygen atoms in total. The molecule has 2 aromatic heterocycles. The number of carbonyl (C=O) groups excluding carboxylic acids is 1. The molecule has 11 heteroatoms. The van der Waals surface area contributed by atoms with Crippen LogP contribution in [0.3, 0.4) is 0 Å². The highest BCUT2D eigenvalue weighted by Crippen LogP contribution is 2.31. The van der Waals surface area contributed by atoms with Gasteiger partial charge in [0.1, 0.15) is 12.3 Å². The zero-order valence-electron chi connectivity index (χ0n) is 19.1. The van der Waals surface area contributed by atoms with Crippen molar-refractivity contribution < 1.29 is 18.7 Å². The van der Waals surface area contributed by atoms with Gasteiger partial charge in [-0.05, 0) is 52.7 Å². The Morgan fingerprint density at radius 2 is 1.88 bits per heavy atom. The van der Waals surface area contributed by atoms with E-state index >= 15 is 0 Å². The summed E-state index contributed by atoms with van der Waals surface area (Å²) in [5, 5.41) is 12.3. The average molecular weight is 473 g/mol. The molecule has 1 saturated heterocycles. The van der Waals surface area contributed by atoms with Crippen LogP contribution >= 0.6 is 11.8 Å². The van der Waals surface area contributed by atoms with E-state index in [4.69, 9.17) is 13.9 Å². The van der Waals surface area contributed by atoms with Crippen LogP contribution in [0.4, 0.5) is 0 Å². The first-order valence-electron chi connectivity index (χ1n) is 10.7. The van der Waals surface area contributed by atoms with Gasteiger partial charge in [0.15, 0.2) is 11.5 Å². The number of rotatable bonds is 9. The van der Waals surface area contributed by atoms with Crippen molar-refractivity contribution in [2.45, 2.75) is 25.2 Å². The number of ether oxygens (including phenoxy) is 2. The van der Waals surface area contributed by atoms with Crippen molar-refractivity contribution in [2.75, 3.05) is 46.2 Å². The summed E-state index contributed by atoms with van der Waals surface area (Å²) in [4.78, 5) is 17.0. The number of amides is 1. The summed E-state index contributed by atoms with van der Waals surface area (Å²) in [7, 11) is 3.29. The molecule has 0 unspecified atom stereocenters. The molecule has 1 aliphatic heterocycles. The molecular weight excluding hydrogens is 444 g/mol. The van der Waals surface area contributed by atoms with Gasteiger partial charge >= 0.3 is 0 Å². The second-order valence-electron chi connectivity index (χ2n) is 7.78. The Hall–Kier alpha value is -3.05. The van der Waals surface area contributed by atoms with Crippen molar-refractivity contribution in [3.05, 3.63) is 47.4 Å². The first kappa shape index (κ1) is 23.1. The van der Waals surface area contributed by atoms with Gasteiger partial charge in [-0.25, -0.2) is 4.68 Å². The van der Waals surface area contributed by atoms with Gasteiger partial charge < -0.3 is 18.8 Å². The SMILES string of the molecule is COc1cc(C)c(CN2CCN(C(=O)CSc3nnnn3Cc3ccco3)CC2)cc1OC. The maximum Gasteiger partial charge on any atom is 0.233 e. The Kier molecular flexibility index (Phi) is 7.50. The van der Waals surface area contributed by atoms with E-state index in [2.05, 4.69) is 27.3 Å². The molecule has 33 heavy (non-hydrogen) atoms. The van der Waals surface area contributed by atoms with Gasteiger partial charge in [0.05, 0.1) is 26.2 Å². The number of carbonyl (C=O) groups is 1. The van der Waals surface area contributed by atoms with Crippen molar-refractivity contribution in [1.82, 2.24) is 30.0 Å². The number of nitrogens with zero attached hydrogens (tertiary/aromatic N) is 6. The maximum absolute atomic E-state index is 12.8. The minimum atomic E-state index is 0.0921. The molecule has 3 heterocycles. The number of aryl methyl sites for hydroxylation is 1. The van der Waals surface area contributed by atoms with E-state index in [1.807, 2.05) is 29.2 Å². The third-order valence-corrected chi connectivity index (χ3v) is 6.61. The lowest BCUT2D eigenvalue weighted by molar-refractivity contribution is -0.130. The van der Waals surface area contributed by atoms with Crippen molar-refractivity contribution >= 4 is 17.7 Å². The lowest BCUT2D eigenvalue weighted by atomic mass is 10.1. The Morgan fingerprint density at radius 3 is 2.58 bits per heavy atom. The van der Waals surface area contributed by atoms with Crippen molar-refractivity contribution in [3.63, 3.8) is 0 Å². The highest BCUT2D eigenvalue weighted by atomic mass is 32.2. The van der Waals surface area contributed by atoms with E-state index in [1.54, 1.807) is 25.2 Å². The number of hydrogen-bond acceptors (Lipinski definition) is 9. The highest BCUT2D eigenvalue weighted by molar-refractivity contribution is 7.99. The number of furan rings is 1. The summed E-state index contributed by atoms with van der Waals surface area (Å²) in [5.74, 6) is 2.62. The first-order chi connectivity index (χ1) is 16.1. The molecule has 0 radical (unpaired) electrons. The molecule has 0 atom stereocenters. The molecule has 1 aliphatic rings. The summed E-state index contributed by atoms with van der Waals surface area (Å²) in [6, 6.07) is 7.73. The molecule has 1 aromatic carbocycles. The lowest BCUT2D eigenvalue weighted by Crippen LogP contribution is -2.48. The standard InChI is InChI=1S/C22H28N6O4S/c1-16-11-19(30-2)20(31-3)12-17(16)13-26-6-8-27(9-7-26)21(29)15-33-22-23-24-25-28(22)14-18-5-4-10-32-18/h4-5,10-12H,6-9,13-15H2,1-3H3. The topological polar surface area (TPSA) is 98.8 Å². The van der Waals surface area contributed by atoms with E-state index in [-0.39, 0.29) is 5.91 Å². The van der Waals surface area contributed by atoms with Crippen LogP contribution in [0.15, 0.2) is 40.1 Å². The second-order valence-corrected chi connectivity index (χ2v) is 8.72. The van der Waals surface area contributed by atoms with Crippen LogP contribution in [0.1, 0.15) is 16.9 Å². The van der Waals surface area contributed by atoms with Crippen LogP contribution in [0.25, 0.3) is 0 Å². The Morgan fingerprint density at radius 1 is 1.12 bits per heavy atom. The Bertz CT molecular complexity index is 1060. The Balaban J connectivity index is 1.27. The molecule has 176 valence electrons. The number of piperazine rings is 1. The molecule has 1 amide bonds. The number of hydrogen-bond donors (Lipinski definition) is 0. The smallest absolute Gasteiger partial charge is 0.233 e. The highest BCUT2D eigenvalue weighted by Gasteiger charge is 2.23. The quantitative estimate of drug-likeness (QED) is 0.433. The maximum atomic E-state index is 12.8. The number of methoxy groups -OCH3 is 2. The minimum absolute atomic E-state index is 0.0921. The molecule has 0 bridgehead atoms. The number of aromatic nitrogens is 4. The summed E-state index contributed by atoms with van der Waals surface area (Å²) in [6.07, 6.45) is 1.61. The Labute approximate surface area is 196 Å². The largest absolute Gasteiger partial charge is 0.493 e. The molecule has 0 saturated carbocycles. The molecule has 4 rings (SSSR count). The van der Waals surface area contributed by atoms with E-state index in [0.717, 1.165) is 42.5 Å². The predicted molar refractivity (Wildman–Crippen MR) is 122 cm³/mol. The third-order valence-electron chi connectivity index (χ3n) is 5.67. The van der Waals surface area contributed by atoms with Crippen LogP contribution in [0.5, 0.6) is 11.5 Å². The molecule has 1 fully saturated rings. The van der Waals surface area contributed by atoms with E-state index < -0.39 is 0 Å². The van der Waals surface area contributed by atoms with Crippen LogP contribution in [-0.2, 0) is 17.9 Å². The summed E-state index contributed by atoms with van der Waals surface area (Å²) in [5.41, 5.74) is 2.36. The van der Waals surface area contributed by atoms with Crippen LogP contribution in [0, 0.1) is 6.92 Å². The van der Waals surface area contributed by atoms with E-state index in [1.165, 1.54) is 17.3 Å². The average Bonchev–Trinajstić information content (AvgIpc) is 3.51. The van der Waals surface area contributed by atoms with Gasteiger partial charge in [0, 0.05) is 32.7 Å². The fraction of sp³-hybridized carbons (Fsp3) is 0.455. The molecular formula is C22H28N6O4S. The van der Waals surface area contributed by atoms with Gasteiger partial charge in [-0.15, -0.1) is 5.10 Å². The fourth-order valence-electron chi connectivity index (χ4n) is 3.76. The van der Waals surface area contributed by atoms with E-state index in [9.17, 15) is 4.79 Å². The number of tetrazole rings is 1. The summed E-state index contributed by atoms with van der Waals surface area (Å²) >= 11 is 1.34. The van der Waals surface area contributed by atoms with Gasteiger partial charge in [-0.3, -0.25) is 9.69 Å². The zero-order valence-corrected chi connectivity index (χ0v) is 19.9. The van der Waals surface area contributed by atoms with Crippen molar-refractivity contribution in [3.8, 4) is 11.5 Å². The van der Waals surface area contributed by atoms with E-state index in [0.29, 0.717) is 30.5 Å².